The summed E-state index contributed by atoms with van der Waals surface area (Å²) in [6, 6.07) is -4.86. The van der Waals surface area contributed by atoms with Gasteiger partial charge in [0.15, 0.2) is 12.0 Å². The first-order valence-corrected chi connectivity index (χ1v) is 3.30. The quantitative estimate of drug-likeness (QED) is 0.339. The van der Waals surface area contributed by atoms with E-state index in [4.69, 9.17) is 22.3 Å². The van der Waals surface area contributed by atoms with Crippen LogP contribution in [-0.4, -0.2) is 35.3 Å². The number of carboxylic acid groups (broad SMARTS) is 1. The highest BCUT2D eigenvalue weighted by molar-refractivity contribution is 5.78. The van der Waals surface area contributed by atoms with E-state index in [0.717, 1.165) is 0 Å². The van der Waals surface area contributed by atoms with Crippen LogP contribution in [0.3, 0.4) is 0 Å². The fourth-order valence-electron chi connectivity index (χ4n) is 0.653. The Morgan fingerprint density at radius 1 is 1.36 bits per heavy atom. The molecule has 7 N–H and O–H groups in total. The Morgan fingerprint density at radius 2 is 1.79 bits per heavy atom. The lowest BCUT2D eigenvalue weighted by Gasteiger charge is -2.19. The molecule has 0 rings (SSSR count). The average molecular weight is 214 g/mol. The molecule has 0 unspecified atom stereocenters. The Bertz CT molecular complexity index is 248. The van der Waals surface area contributed by atoms with Crippen molar-refractivity contribution in [3.8, 4) is 0 Å². The molecule has 0 aliphatic carbocycles. The Kier molecular flexibility index (Phi) is 3.69. The van der Waals surface area contributed by atoms with Crippen LogP contribution in [0.5, 0.6) is 0 Å². The van der Waals surface area contributed by atoms with Crippen molar-refractivity contribution in [3.63, 3.8) is 0 Å². The molecule has 0 heterocycles. The van der Waals surface area contributed by atoms with Crippen molar-refractivity contribution in [1.29, 1.82) is 0 Å². The van der Waals surface area contributed by atoms with Crippen molar-refractivity contribution >= 4 is 11.9 Å². The molecule has 14 heavy (non-hydrogen) atoms. The van der Waals surface area contributed by atoms with E-state index in [-0.39, 0.29) is 0 Å². The third kappa shape index (κ3) is 3.47. The van der Waals surface area contributed by atoms with Crippen molar-refractivity contribution in [2.24, 2.45) is 22.2 Å². The van der Waals surface area contributed by atoms with Crippen LogP contribution in [0.4, 0.5) is 13.2 Å². The number of aliphatic carboxylic acids is 1. The van der Waals surface area contributed by atoms with E-state index in [1.165, 1.54) is 0 Å². The second-order valence-electron chi connectivity index (χ2n) is 2.40. The van der Waals surface area contributed by atoms with Crippen molar-refractivity contribution in [1.82, 2.24) is 0 Å². The van der Waals surface area contributed by atoms with Crippen LogP contribution in [0, 0.1) is 0 Å². The molecular formula is C5H9F3N4O2. The highest BCUT2D eigenvalue weighted by atomic mass is 19.4. The van der Waals surface area contributed by atoms with Crippen molar-refractivity contribution in [2.45, 2.75) is 18.3 Å². The molecule has 9 heteroatoms. The van der Waals surface area contributed by atoms with Crippen LogP contribution in [0.1, 0.15) is 0 Å². The largest absolute Gasteiger partial charge is 0.480 e. The minimum atomic E-state index is -4.90. The molecular weight excluding hydrogens is 205 g/mol. The van der Waals surface area contributed by atoms with Gasteiger partial charge in [-0.3, -0.25) is 4.79 Å². The van der Waals surface area contributed by atoms with Gasteiger partial charge in [-0.1, -0.05) is 0 Å². The first-order valence-electron chi connectivity index (χ1n) is 3.30. The summed E-state index contributed by atoms with van der Waals surface area (Å²) in [7, 11) is 0. The molecule has 0 amide bonds. The maximum atomic E-state index is 12.1. The van der Waals surface area contributed by atoms with Crippen LogP contribution >= 0.6 is 0 Å². The number of rotatable bonds is 3. The molecule has 0 saturated heterocycles. The van der Waals surface area contributed by atoms with Gasteiger partial charge in [0.25, 0.3) is 0 Å². The Hall–Kier alpha value is -1.51. The number of halogens is 3. The summed E-state index contributed by atoms with van der Waals surface area (Å²) in [5.41, 5.74) is 14.2. The smallest absolute Gasteiger partial charge is 0.413 e. The van der Waals surface area contributed by atoms with Crippen molar-refractivity contribution in [3.05, 3.63) is 0 Å². The summed E-state index contributed by atoms with van der Waals surface area (Å²) in [6.45, 7) is 0. The van der Waals surface area contributed by atoms with E-state index in [9.17, 15) is 18.0 Å². The average Bonchev–Trinajstić information content (AvgIpc) is 1.96. The maximum absolute atomic E-state index is 12.1. The summed E-state index contributed by atoms with van der Waals surface area (Å²) >= 11 is 0. The molecule has 0 aromatic heterocycles. The van der Waals surface area contributed by atoms with Gasteiger partial charge < -0.3 is 22.3 Å². The van der Waals surface area contributed by atoms with Gasteiger partial charge in [-0.05, 0) is 0 Å². The summed E-state index contributed by atoms with van der Waals surface area (Å²) < 4.78 is 36.4. The summed E-state index contributed by atoms with van der Waals surface area (Å²) in [4.78, 5) is 12.9. The number of nitrogens with two attached hydrogens (primary N) is 3. The molecule has 2 atom stereocenters. The summed E-state index contributed by atoms with van der Waals surface area (Å²) in [6.07, 6.45) is -4.90. The normalized spacial score (nSPS) is 15.7. The summed E-state index contributed by atoms with van der Waals surface area (Å²) in [5, 5.41) is 8.25. The van der Waals surface area contributed by atoms with E-state index in [1.54, 1.807) is 0 Å². The minimum absolute atomic E-state index is 0.871. The monoisotopic (exact) mass is 214 g/mol. The van der Waals surface area contributed by atoms with E-state index in [0.29, 0.717) is 0 Å². The molecule has 0 aromatic rings. The molecule has 0 aromatic carbocycles. The van der Waals surface area contributed by atoms with E-state index in [2.05, 4.69) is 4.99 Å². The zero-order chi connectivity index (χ0) is 11.5. The zero-order valence-electron chi connectivity index (χ0n) is 6.82. The number of nitrogens with zero attached hydrogens (tertiary/aromatic N) is 1. The van der Waals surface area contributed by atoms with Crippen molar-refractivity contribution in [2.75, 3.05) is 0 Å². The molecule has 82 valence electrons. The molecule has 6 nitrogen and oxygen atoms in total. The first-order chi connectivity index (χ1) is 6.16. The predicted molar refractivity (Wildman–Crippen MR) is 41.3 cm³/mol. The lowest BCUT2D eigenvalue weighted by atomic mass is 10.1. The minimum Gasteiger partial charge on any atom is -0.480 e. The molecule has 0 aliphatic heterocycles. The van der Waals surface area contributed by atoms with E-state index < -0.39 is 30.2 Å². The van der Waals surface area contributed by atoms with Crippen LogP contribution in [0.15, 0.2) is 4.99 Å². The second-order valence-corrected chi connectivity index (χ2v) is 2.40. The van der Waals surface area contributed by atoms with Gasteiger partial charge >= 0.3 is 12.1 Å². The molecule has 0 radical (unpaired) electrons. The van der Waals surface area contributed by atoms with E-state index in [1.807, 2.05) is 0 Å². The Balaban J connectivity index is 4.93. The number of carboxylic acids is 1. The molecule has 0 spiro atoms. The third-order valence-corrected chi connectivity index (χ3v) is 1.25. The topological polar surface area (TPSA) is 128 Å². The third-order valence-electron chi connectivity index (χ3n) is 1.25. The fourth-order valence-corrected chi connectivity index (χ4v) is 0.653. The second kappa shape index (κ2) is 4.13. The molecule has 0 fully saturated rings. The maximum Gasteiger partial charge on any atom is 0.413 e. The van der Waals surface area contributed by atoms with Crippen LogP contribution < -0.4 is 17.2 Å². The molecule has 0 saturated carbocycles. The van der Waals surface area contributed by atoms with Crippen LogP contribution in [-0.2, 0) is 4.79 Å². The highest BCUT2D eigenvalue weighted by Crippen LogP contribution is 2.24. The summed E-state index contributed by atoms with van der Waals surface area (Å²) in [5.74, 6) is -2.71. The SMILES string of the molecule is NC(N)=N[C@H]([C@H](N)C(=O)O)C(F)(F)F. The zero-order valence-corrected chi connectivity index (χ0v) is 6.82. The Labute approximate surface area is 76.6 Å². The number of carbonyl (C=O) groups is 1. The van der Waals surface area contributed by atoms with Gasteiger partial charge in [0.2, 0.25) is 0 Å². The molecule has 0 aliphatic rings. The predicted octanol–water partition coefficient (Wildman–Crippen LogP) is -1.40. The van der Waals surface area contributed by atoms with Gasteiger partial charge in [-0.25, -0.2) is 4.99 Å². The Morgan fingerprint density at radius 3 is 2.00 bits per heavy atom. The van der Waals surface area contributed by atoms with Crippen LogP contribution in [0.2, 0.25) is 0 Å². The molecule has 0 bridgehead atoms. The van der Waals surface area contributed by atoms with Gasteiger partial charge in [-0.2, -0.15) is 13.2 Å². The van der Waals surface area contributed by atoms with Gasteiger partial charge in [0.1, 0.15) is 6.04 Å². The highest BCUT2D eigenvalue weighted by Gasteiger charge is 2.46. The number of alkyl halides is 3. The van der Waals surface area contributed by atoms with E-state index >= 15 is 0 Å². The standard InChI is InChI=1S/C5H9F3N4O2/c6-5(7,8)2(12-4(10)11)1(9)3(13)14/h1-2H,9H2,(H,13,14)(H4,10,11,12)/t1-,2+/m0/s1. The van der Waals surface area contributed by atoms with Gasteiger partial charge in [0.05, 0.1) is 0 Å². The van der Waals surface area contributed by atoms with Crippen molar-refractivity contribution < 1.29 is 23.1 Å². The number of hydrogen-bond acceptors (Lipinski definition) is 3. The van der Waals surface area contributed by atoms with Gasteiger partial charge in [0, 0.05) is 0 Å². The lowest BCUT2D eigenvalue weighted by molar-refractivity contribution is -0.164. The number of aliphatic imine (C=N–C) groups is 1. The first kappa shape index (κ1) is 12.5. The van der Waals surface area contributed by atoms with Gasteiger partial charge in [-0.15, -0.1) is 0 Å². The lowest BCUT2D eigenvalue weighted by Crippen LogP contribution is -2.50. The van der Waals surface area contributed by atoms with Crippen LogP contribution in [0.25, 0.3) is 0 Å². The number of guanidine groups is 1. The fraction of sp³-hybridized carbons (Fsp3) is 0.600. The number of hydrogen-bond donors (Lipinski definition) is 4.